The van der Waals surface area contributed by atoms with Gasteiger partial charge in [0, 0.05) is 11.6 Å². The topological polar surface area (TPSA) is 107 Å². The first kappa shape index (κ1) is 14.8. The highest BCUT2D eigenvalue weighted by atomic mass is 16.4. The molecule has 1 aromatic carbocycles. The van der Waals surface area contributed by atoms with Gasteiger partial charge in [-0.1, -0.05) is 20.3 Å². The smallest absolute Gasteiger partial charge is 0.326 e. The van der Waals surface area contributed by atoms with Gasteiger partial charge in [-0.15, -0.1) is 0 Å². The molecule has 0 radical (unpaired) electrons. The van der Waals surface area contributed by atoms with Crippen LogP contribution in [-0.2, 0) is 4.79 Å². The van der Waals surface area contributed by atoms with Crippen molar-refractivity contribution in [2.45, 2.75) is 26.3 Å². The second-order valence-corrected chi connectivity index (χ2v) is 4.41. The SMILES string of the molecule is CCC(C)[C@H](NC(=O)c1cc(O)cc(O)c1)C(=O)O. The lowest BCUT2D eigenvalue weighted by atomic mass is 9.99. The average molecular weight is 267 g/mol. The summed E-state index contributed by atoms with van der Waals surface area (Å²) < 4.78 is 0. The third-order valence-corrected chi connectivity index (χ3v) is 2.93. The Hall–Kier alpha value is -2.24. The first-order valence-corrected chi connectivity index (χ1v) is 5.91. The molecule has 6 heteroatoms. The molecule has 0 aliphatic heterocycles. The van der Waals surface area contributed by atoms with Crippen LogP contribution in [0.15, 0.2) is 18.2 Å². The summed E-state index contributed by atoms with van der Waals surface area (Å²) in [4.78, 5) is 23.0. The number of rotatable bonds is 5. The minimum atomic E-state index is -1.12. The number of phenolic OH excluding ortho intramolecular Hbond substituents is 2. The van der Waals surface area contributed by atoms with Gasteiger partial charge >= 0.3 is 5.97 Å². The number of carboxylic acids is 1. The van der Waals surface area contributed by atoms with Gasteiger partial charge < -0.3 is 20.6 Å². The van der Waals surface area contributed by atoms with Crippen LogP contribution >= 0.6 is 0 Å². The van der Waals surface area contributed by atoms with Gasteiger partial charge in [-0.25, -0.2) is 4.79 Å². The highest BCUT2D eigenvalue weighted by molar-refractivity contribution is 5.97. The Morgan fingerprint density at radius 1 is 1.21 bits per heavy atom. The van der Waals surface area contributed by atoms with Crippen molar-refractivity contribution in [3.05, 3.63) is 23.8 Å². The molecule has 0 fully saturated rings. The summed E-state index contributed by atoms with van der Waals surface area (Å²) in [5.41, 5.74) is 0.00653. The van der Waals surface area contributed by atoms with Crippen LogP contribution in [0.2, 0.25) is 0 Å². The summed E-state index contributed by atoms with van der Waals surface area (Å²) in [5, 5.41) is 30.0. The Kier molecular flexibility index (Phi) is 4.74. The lowest BCUT2D eigenvalue weighted by molar-refractivity contribution is -0.140. The number of carbonyl (C=O) groups is 2. The zero-order valence-electron chi connectivity index (χ0n) is 10.8. The number of hydrogen-bond donors (Lipinski definition) is 4. The fourth-order valence-electron chi connectivity index (χ4n) is 1.63. The van der Waals surface area contributed by atoms with Crippen LogP contribution in [0.25, 0.3) is 0 Å². The van der Waals surface area contributed by atoms with Gasteiger partial charge in [0.2, 0.25) is 0 Å². The number of aromatic hydroxyl groups is 2. The van der Waals surface area contributed by atoms with Gasteiger partial charge in [0.15, 0.2) is 0 Å². The summed E-state index contributed by atoms with van der Waals surface area (Å²) in [5.74, 6) is -2.53. The Labute approximate surface area is 110 Å². The number of carbonyl (C=O) groups excluding carboxylic acids is 1. The fraction of sp³-hybridized carbons (Fsp3) is 0.385. The minimum Gasteiger partial charge on any atom is -0.508 e. The quantitative estimate of drug-likeness (QED) is 0.643. The third kappa shape index (κ3) is 3.87. The van der Waals surface area contributed by atoms with E-state index < -0.39 is 17.9 Å². The van der Waals surface area contributed by atoms with Crippen molar-refractivity contribution in [2.75, 3.05) is 0 Å². The van der Waals surface area contributed by atoms with Crippen LogP contribution in [0.4, 0.5) is 0 Å². The van der Waals surface area contributed by atoms with E-state index in [2.05, 4.69) is 5.32 Å². The summed E-state index contributed by atoms with van der Waals surface area (Å²) in [6.07, 6.45) is 0.600. The Balaban J connectivity index is 2.90. The number of phenols is 2. The lowest BCUT2D eigenvalue weighted by Gasteiger charge is -2.20. The molecule has 19 heavy (non-hydrogen) atoms. The first-order valence-electron chi connectivity index (χ1n) is 5.91. The van der Waals surface area contributed by atoms with Crippen LogP contribution in [0.1, 0.15) is 30.6 Å². The zero-order chi connectivity index (χ0) is 14.6. The molecule has 0 bridgehead atoms. The molecular weight excluding hydrogens is 250 g/mol. The van der Waals surface area contributed by atoms with Crippen molar-refractivity contribution in [1.82, 2.24) is 5.32 Å². The third-order valence-electron chi connectivity index (χ3n) is 2.93. The van der Waals surface area contributed by atoms with E-state index in [-0.39, 0.29) is 23.0 Å². The van der Waals surface area contributed by atoms with Crippen LogP contribution in [0.5, 0.6) is 11.5 Å². The van der Waals surface area contributed by atoms with Gasteiger partial charge in [-0.3, -0.25) is 4.79 Å². The monoisotopic (exact) mass is 267 g/mol. The van der Waals surface area contributed by atoms with Crippen molar-refractivity contribution in [1.29, 1.82) is 0 Å². The molecule has 1 aromatic rings. The minimum absolute atomic E-state index is 0.00653. The summed E-state index contributed by atoms with van der Waals surface area (Å²) in [6, 6.07) is 2.39. The van der Waals surface area contributed by atoms with Crippen LogP contribution in [0, 0.1) is 5.92 Å². The van der Waals surface area contributed by atoms with Crippen molar-refractivity contribution in [3.8, 4) is 11.5 Å². The molecule has 0 aromatic heterocycles. The maximum Gasteiger partial charge on any atom is 0.326 e. The number of hydrogen-bond acceptors (Lipinski definition) is 4. The van der Waals surface area contributed by atoms with E-state index >= 15 is 0 Å². The zero-order valence-corrected chi connectivity index (χ0v) is 10.8. The maximum absolute atomic E-state index is 11.9. The number of carboxylic acid groups (broad SMARTS) is 1. The average Bonchev–Trinajstić information content (AvgIpc) is 2.33. The second-order valence-electron chi connectivity index (χ2n) is 4.41. The number of aliphatic carboxylic acids is 1. The molecule has 1 rings (SSSR count). The Bertz CT molecular complexity index is 466. The van der Waals surface area contributed by atoms with E-state index in [1.54, 1.807) is 6.92 Å². The molecule has 104 valence electrons. The summed E-state index contributed by atoms with van der Waals surface area (Å²) in [6.45, 7) is 3.55. The molecule has 2 atom stereocenters. The predicted molar refractivity (Wildman–Crippen MR) is 68.1 cm³/mol. The molecule has 0 heterocycles. The van der Waals surface area contributed by atoms with Crippen LogP contribution in [0.3, 0.4) is 0 Å². The summed E-state index contributed by atoms with van der Waals surface area (Å²) in [7, 11) is 0. The molecular formula is C13H17NO5. The molecule has 6 nitrogen and oxygen atoms in total. The van der Waals surface area contributed by atoms with E-state index in [1.807, 2.05) is 6.92 Å². The van der Waals surface area contributed by atoms with Crippen LogP contribution in [-0.4, -0.2) is 33.2 Å². The molecule has 4 N–H and O–H groups in total. The molecule has 1 unspecified atom stereocenters. The van der Waals surface area contributed by atoms with Crippen molar-refractivity contribution in [3.63, 3.8) is 0 Å². The molecule has 1 amide bonds. The molecule has 0 saturated heterocycles. The van der Waals surface area contributed by atoms with Crippen molar-refractivity contribution in [2.24, 2.45) is 5.92 Å². The maximum atomic E-state index is 11.9. The Morgan fingerprint density at radius 3 is 2.16 bits per heavy atom. The fourth-order valence-corrected chi connectivity index (χ4v) is 1.63. The van der Waals surface area contributed by atoms with E-state index in [9.17, 15) is 19.8 Å². The van der Waals surface area contributed by atoms with E-state index in [0.29, 0.717) is 6.42 Å². The lowest BCUT2D eigenvalue weighted by Crippen LogP contribution is -2.45. The van der Waals surface area contributed by atoms with E-state index in [4.69, 9.17) is 5.11 Å². The van der Waals surface area contributed by atoms with Gasteiger partial charge in [0.1, 0.15) is 17.5 Å². The highest BCUT2D eigenvalue weighted by Crippen LogP contribution is 2.20. The van der Waals surface area contributed by atoms with Gasteiger partial charge in [-0.05, 0) is 18.1 Å². The molecule has 0 spiro atoms. The van der Waals surface area contributed by atoms with Gasteiger partial charge in [-0.2, -0.15) is 0 Å². The van der Waals surface area contributed by atoms with Gasteiger partial charge in [0.05, 0.1) is 0 Å². The van der Waals surface area contributed by atoms with E-state index in [1.165, 1.54) is 0 Å². The van der Waals surface area contributed by atoms with Crippen molar-refractivity contribution < 1.29 is 24.9 Å². The molecule has 0 aliphatic rings. The number of amides is 1. The summed E-state index contributed by atoms with van der Waals surface area (Å²) >= 11 is 0. The molecule has 0 aliphatic carbocycles. The molecule has 0 saturated carbocycles. The van der Waals surface area contributed by atoms with Gasteiger partial charge in [0.25, 0.3) is 5.91 Å². The predicted octanol–water partition coefficient (Wildman–Crippen LogP) is 1.33. The number of nitrogens with one attached hydrogen (secondary N) is 1. The van der Waals surface area contributed by atoms with Crippen molar-refractivity contribution >= 4 is 11.9 Å². The largest absolute Gasteiger partial charge is 0.508 e. The highest BCUT2D eigenvalue weighted by Gasteiger charge is 2.25. The normalized spacial score (nSPS) is 13.6. The first-order chi connectivity index (χ1) is 8.85. The van der Waals surface area contributed by atoms with E-state index in [0.717, 1.165) is 18.2 Å². The second kappa shape index (κ2) is 6.08. The number of benzene rings is 1. The Morgan fingerprint density at radius 2 is 1.74 bits per heavy atom. The standard InChI is InChI=1S/C13H17NO5/c1-3-7(2)11(13(18)19)14-12(17)8-4-9(15)6-10(16)5-8/h4-7,11,15-16H,3H2,1-2H3,(H,14,17)(H,18,19)/t7?,11-/m0/s1. The van der Waals surface area contributed by atoms with Crippen LogP contribution < -0.4 is 5.32 Å².